The molecule has 0 saturated heterocycles. The summed E-state index contributed by atoms with van der Waals surface area (Å²) >= 11 is 3.78. The molecule has 1 spiro atoms. The molecule has 3 aromatic heterocycles. The number of rotatable bonds is 2. The summed E-state index contributed by atoms with van der Waals surface area (Å²) in [6.45, 7) is 0. The van der Waals surface area contributed by atoms with Crippen LogP contribution in [0.2, 0.25) is 0 Å². The number of nitrogens with zero attached hydrogens (tertiary/aromatic N) is 2. The molecule has 6 aromatic carbocycles. The molecule has 2 nitrogen and oxygen atoms in total. The van der Waals surface area contributed by atoms with Crippen molar-refractivity contribution in [1.82, 2.24) is 9.97 Å². The van der Waals surface area contributed by atoms with Crippen LogP contribution in [0.4, 0.5) is 0 Å². The third-order valence-corrected chi connectivity index (χ3v) is 15.9. The smallest absolute Gasteiger partial charge is 0.160 e. The van der Waals surface area contributed by atoms with Crippen LogP contribution in [0.25, 0.3) is 85.0 Å². The maximum Gasteiger partial charge on any atom is 0.160 e. The summed E-state index contributed by atoms with van der Waals surface area (Å²) in [5.74, 6) is 4.00. The highest BCUT2D eigenvalue weighted by Crippen LogP contribution is 2.70. The minimum absolute atomic E-state index is 0.0504. The molecule has 0 N–H and O–H groups in total. The van der Waals surface area contributed by atoms with Crippen molar-refractivity contribution >= 4 is 73.9 Å². The zero-order chi connectivity index (χ0) is 33.7. The molecule has 0 atom stereocenters. The number of aromatic nitrogens is 2. The Labute approximate surface area is 309 Å². The Morgan fingerprint density at radius 3 is 2.02 bits per heavy atom. The largest absolute Gasteiger partial charge is 0.226 e. The molecule has 248 valence electrons. The van der Waals surface area contributed by atoms with Gasteiger partial charge in [-0.2, -0.15) is 0 Å². The third kappa shape index (κ3) is 3.69. The summed E-state index contributed by atoms with van der Waals surface area (Å²) in [5, 5.41) is 6.73. The van der Waals surface area contributed by atoms with E-state index in [2.05, 4.69) is 121 Å². The van der Waals surface area contributed by atoms with Crippen LogP contribution in [-0.4, -0.2) is 9.97 Å². The summed E-state index contributed by atoms with van der Waals surface area (Å²) in [6.07, 6.45) is 6.92. The van der Waals surface area contributed by atoms with Gasteiger partial charge in [0.2, 0.25) is 0 Å². The van der Waals surface area contributed by atoms with Crippen molar-refractivity contribution in [1.29, 1.82) is 0 Å². The number of thiophene rings is 2. The highest BCUT2D eigenvalue weighted by atomic mass is 32.1. The van der Waals surface area contributed by atoms with Gasteiger partial charge in [0.1, 0.15) is 0 Å². The van der Waals surface area contributed by atoms with Crippen LogP contribution in [0, 0.1) is 23.7 Å². The van der Waals surface area contributed by atoms with Crippen molar-refractivity contribution in [2.24, 2.45) is 23.7 Å². The fourth-order valence-corrected chi connectivity index (χ4v) is 14.1. The second-order valence-electron chi connectivity index (χ2n) is 16.2. The van der Waals surface area contributed by atoms with Crippen molar-refractivity contribution in [2.75, 3.05) is 0 Å². The zero-order valence-electron chi connectivity index (χ0n) is 28.6. The lowest BCUT2D eigenvalue weighted by atomic mass is 9.43. The normalized spacial score (nSPS) is 24.2. The molecule has 0 radical (unpaired) electrons. The van der Waals surface area contributed by atoms with Crippen molar-refractivity contribution in [3.05, 3.63) is 132 Å². The monoisotopic (exact) mass is 702 g/mol. The first-order valence-electron chi connectivity index (χ1n) is 19.0. The van der Waals surface area contributed by atoms with Gasteiger partial charge in [0.25, 0.3) is 0 Å². The Bertz CT molecular complexity index is 2960. The van der Waals surface area contributed by atoms with E-state index < -0.39 is 0 Å². The molecule has 4 saturated carbocycles. The van der Waals surface area contributed by atoms with Gasteiger partial charge in [-0.05, 0) is 125 Å². The topological polar surface area (TPSA) is 25.8 Å². The second kappa shape index (κ2) is 10.2. The third-order valence-electron chi connectivity index (χ3n) is 13.6. The summed E-state index contributed by atoms with van der Waals surface area (Å²) in [6, 6.07) is 45.7. The van der Waals surface area contributed by atoms with E-state index in [1.165, 1.54) is 89.0 Å². The molecule has 4 bridgehead atoms. The maximum absolute atomic E-state index is 5.43. The minimum Gasteiger partial charge on any atom is -0.226 e. The highest BCUT2D eigenvalue weighted by molar-refractivity contribution is 7.26. The van der Waals surface area contributed by atoms with Gasteiger partial charge >= 0.3 is 0 Å². The van der Waals surface area contributed by atoms with Crippen LogP contribution < -0.4 is 0 Å². The molecule has 3 heterocycles. The molecule has 52 heavy (non-hydrogen) atoms. The van der Waals surface area contributed by atoms with Gasteiger partial charge in [-0.3, -0.25) is 0 Å². The Kier molecular flexibility index (Phi) is 5.60. The van der Waals surface area contributed by atoms with Gasteiger partial charge in [-0.25, -0.2) is 9.97 Å². The van der Waals surface area contributed by atoms with Crippen molar-refractivity contribution in [3.63, 3.8) is 0 Å². The molecule has 5 aliphatic carbocycles. The quantitative estimate of drug-likeness (QED) is 0.179. The lowest BCUT2D eigenvalue weighted by Gasteiger charge is -2.61. The van der Waals surface area contributed by atoms with Gasteiger partial charge in [0.05, 0.1) is 15.9 Å². The van der Waals surface area contributed by atoms with Crippen LogP contribution in [0.3, 0.4) is 0 Å². The summed E-state index contributed by atoms with van der Waals surface area (Å²) < 4.78 is 5.24. The first-order chi connectivity index (χ1) is 25.7. The van der Waals surface area contributed by atoms with Gasteiger partial charge in [0.15, 0.2) is 5.82 Å². The molecular weight excluding hydrogens is 669 g/mol. The van der Waals surface area contributed by atoms with Crippen LogP contribution in [-0.2, 0) is 5.41 Å². The van der Waals surface area contributed by atoms with Crippen LogP contribution in [0.15, 0.2) is 121 Å². The van der Waals surface area contributed by atoms with E-state index in [1.807, 2.05) is 22.7 Å². The Morgan fingerprint density at radius 2 is 1.19 bits per heavy atom. The molecule has 5 aliphatic rings. The van der Waals surface area contributed by atoms with E-state index in [1.54, 1.807) is 11.1 Å². The lowest BCUT2D eigenvalue weighted by molar-refractivity contribution is -0.0398. The molecule has 14 rings (SSSR count). The van der Waals surface area contributed by atoms with Gasteiger partial charge < -0.3 is 0 Å². The van der Waals surface area contributed by atoms with Crippen LogP contribution in [0.5, 0.6) is 0 Å². The molecule has 0 amide bonds. The lowest BCUT2D eigenvalue weighted by Crippen LogP contribution is -2.55. The predicted molar refractivity (Wildman–Crippen MR) is 219 cm³/mol. The second-order valence-corrected chi connectivity index (χ2v) is 18.3. The van der Waals surface area contributed by atoms with E-state index in [9.17, 15) is 0 Å². The van der Waals surface area contributed by atoms with Gasteiger partial charge in [-0.15, -0.1) is 22.7 Å². The van der Waals surface area contributed by atoms with Crippen LogP contribution >= 0.6 is 22.7 Å². The first-order valence-corrected chi connectivity index (χ1v) is 20.6. The first kappa shape index (κ1) is 28.7. The van der Waals surface area contributed by atoms with E-state index >= 15 is 0 Å². The highest BCUT2D eigenvalue weighted by Gasteiger charge is 2.61. The number of benzene rings is 6. The minimum atomic E-state index is 0.0504. The summed E-state index contributed by atoms with van der Waals surface area (Å²) in [4.78, 5) is 10.8. The fourth-order valence-electron chi connectivity index (χ4n) is 11.8. The number of fused-ring (bicyclic) bond motifs is 10. The molecule has 9 aromatic rings. The maximum atomic E-state index is 5.43. The number of hydrogen-bond donors (Lipinski definition) is 0. The Hall–Kier alpha value is -4.90. The molecular formula is C48H34N2S2. The van der Waals surface area contributed by atoms with Crippen molar-refractivity contribution < 1.29 is 0 Å². The standard InChI is InChI=1S/C48H34N2S2/c1-2-8-28(9-3-1)44-46-45(35-12-6-7-13-41(35)52-46)50-47(49-44)31-14-15-34-36-25-43-38(37-21-29-10-4-5-11-30(29)23-42(37)51-43)24-40(36)48(39(34)22-31)32-17-26-16-27(19-32)20-33(48)18-26/h1-15,21-27,32-33H,16-20H2. The van der Waals surface area contributed by atoms with E-state index in [0.29, 0.717) is 11.8 Å². The van der Waals surface area contributed by atoms with Crippen molar-refractivity contribution in [3.8, 4) is 33.8 Å². The molecule has 4 fully saturated rings. The molecule has 4 heteroatoms. The molecule has 0 aliphatic heterocycles. The average Bonchev–Trinajstić information content (AvgIpc) is 3.82. The van der Waals surface area contributed by atoms with E-state index in [0.717, 1.165) is 40.0 Å². The SMILES string of the molecule is c1ccc(-c2nc(-c3ccc4c(c3)C3(c5cc6c(cc5-4)sc4cc5ccccc5cc46)C4CC5CC(C4)CC3C5)nc3c2sc2ccccc23)cc1. The molecule has 0 unspecified atom stereocenters. The van der Waals surface area contributed by atoms with E-state index in [-0.39, 0.29) is 5.41 Å². The van der Waals surface area contributed by atoms with E-state index in [4.69, 9.17) is 9.97 Å². The zero-order valence-corrected chi connectivity index (χ0v) is 30.2. The van der Waals surface area contributed by atoms with Crippen LogP contribution in [0.1, 0.15) is 43.2 Å². The van der Waals surface area contributed by atoms with Gasteiger partial charge in [-0.1, -0.05) is 84.9 Å². The summed E-state index contributed by atoms with van der Waals surface area (Å²) in [5.41, 5.74) is 10.5. The average molecular weight is 703 g/mol. The fraction of sp³-hybridized carbons (Fsp3) is 0.208. The van der Waals surface area contributed by atoms with Crippen molar-refractivity contribution in [2.45, 2.75) is 37.5 Å². The predicted octanol–water partition coefficient (Wildman–Crippen LogP) is 13.4. The Morgan fingerprint density at radius 1 is 0.500 bits per heavy atom. The summed E-state index contributed by atoms with van der Waals surface area (Å²) in [7, 11) is 0. The Balaban J connectivity index is 1.07. The van der Waals surface area contributed by atoms with Gasteiger partial charge in [0, 0.05) is 46.8 Å². The number of hydrogen-bond acceptors (Lipinski definition) is 4.